The van der Waals surface area contributed by atoms with Crippen molar-refractivity contribution in [1.82, 2.24) is 4.31 Å². The minimum Gasteiger partial charge on any atom is -0.369 e. The van der Waals surface area contributed by atoms with E-state index in [-0.39, 0.29) is 11.4 Å². The van der Waals surface area contributed by atoms with Crippen LogP contribution in [-0.4, -0.2) is 31.7 Å². The van der Waals surface area contributed by atoms with Crippen molar-refractivity contribution in [3.63, 3.8) is 0 Å². The van der Waals surface area contributed by atoms with E-state index in [2.05, 4.69) is 0 Å². The van der Waals surface area contributed by atoms with Crippen LogP contribution in [0.1, 0.15) is 24.5 Å². The highest BCUT2D eigenvalue weighted by Gasteiger charge is 2.43. The highest BCUT2D eigenvalue weighted by Crippen LogP contribution is 2.34. The number of hydrogen-bond acceptors (Lipinski definition) is 4. The van der Waals surface area contributed by atoms with E-state index >= 15 is 0 Å². The fraction of sp³-hybridized carbons (Fsp3) is 0.500. The molecule has 7 heteroatoms. The Hall–Kier alpha value is -1.44. The average Bonchev–Trinajstić information content (AvgIpc) is 2.83. The Morgan fingerprint density at radius 2 is 2.10 bits per heavy atom. The molecule has 0 aliphatic carbocycles. The molecule has 0 bridgehead atoms. The third-order valence-electron chi connectivity index (χ3n) is 4.13. The quantitative estimate of drug-likeness (QED) is 0.836. The lowest BCUT2D eigenvalue weighted by Gasteiger charge is -2.21. The van der Waals surface area contributed by atoms with Gasteiger partial charge in [0.2, 0.25) is 15.9 Å². The maximum absolute atomic E-state index is 12.7. The Bertz CT molecular complexity index is 672. The van der Waals surface area contributed by atoms with Crippen molar-refractivity contribution in [3.8, 4) is 0 Å². The number of sulfonamides is 1. The summed E-state index contributed by atoms with van der Waals surface area (Å²) in [6.45, 7) is 4.25. The fourth-order valence-corrected chi connectivity index (χ4v) is 4.36. The maximum atomic E-state index is 12.7. The van der Waals surface area contributed by atoms with Crippen molar-refractivity contribution < 1.29 is 13.2 Å². The van der Waals surface area contributed by atoms with Crippen LogP contribution < -0.4 is 11.5 Å². The van der Waals surface area contributed by atoms with Crippen molar-refractivity contribution in [2.45, 2.75) is 31.7 Å². The summed E-state index contributed by atoms with van der Waals surface area (Å²) in [5, 5.41) is 0. The molecule has 1 fully saturated rings. The van der Waals surface area contributed by atoms with E-state index in [0.29, 0.717) is 25.1 Å². The molecule has 0 radical (unpaired) electrons. The van der Waals surface area contributed by atoms with Gasteiger partial charge in [-0.05, 0) is 37.5 Å². The highest BCUT2D eigenvalue weighted by atomic mass is 32.2. The topological polar surface area (TPSA) is 106 Å². The predicted octanol–water partition coefficient (Wildman–Crippen LogP) is 0.340. The summed E-state index contributed by atoms with van der Waals surface area (Å²) in [5.74, 6) is -0.463. The van der Waals surface area contributed by atoms with E-state index < -0.39 is 21.3 Å². The third kappa shape index (κ3) is 2.81. The molecule has 6 nitrogen and oxygen atoms in total. The first kappa shape index (κ1) is 15.9. The second-order valence-electron chi connectivity index (χ2n) is 5.82. The lowest BCUT2D eigenvalue weighted by atomic mass is 9.89. The minimum atomic E-state index is -3.61. The summed E-state index contributed by atoms with van der Waals surface area (Å²) in [7, 11) is -3.61. The molecule has 0 aromatic heterocycles. The van der Waals surface area contributed by atoms with Gasteiger partial charge >= 0.3 is 0 Å². The molecule has 1 amide bonds. The zero-order valence-corrected chi connectivity index (χ0v) is 13.1. The Labute approximate surface area is 125 Å². The smallest absolute Gasteiger partial charge is 0.243 e. The molecule has 1 aliphatic rings. The zero-order chi connectivity index (χ0) is 15.8. The van der Waals surface area contributed by atoms with E-state index in [1.807, 2.05) is 0 Å². The SMILES string of the molecule is Cc1cc(CN)ccc1S(=O)(=O)N1CCC(C)(C(N)=O)C1. The second-order valence-corrected chi connectivity index (χ2v) is 7.72. The molecule has 1 heterocycles. The summed E-state index contributed by atoms with van der Waals surface area (Å²) >= 11 is 0. The summed E-state index contributed by atoms with van der Waals surface area (Å²) in [6.07, 6.45) is 0.446. The van der Waals surface area contributed by atoms with Crippen molar-refractivity contribution in [2.75, 3.05) is 13.1 Å². The molecule has 1 aliphatic heterocycles. The van der Waals surface area contributed by atoms with Gasteiger partial charge in [-0.15, -0.1) is 0 Å². The van der Waals surface area contributed by atoms with Crippen molar-refractivity contribution in [1.29, 1.82) is 0 Å². The minimum absolute atomic E-state index is 0.128. The fourth-order valence-electron chi connectivity index (χ4n) is 2.59. The van der Waals surface area contributed by atoms with E-state index in [1.54, 1.807) is 32.0 Å². The molecule has 1 atom stereocenters. The van der Waals surface area contributed by atoms with Gasteiger partial charge in [0.25, 0.3) is 0 Å². The number of rotatable bonds is 4. The van der Waals surface area contributed by atoms with E-state index in [9.17, 15) is 13.2 Å². The molecule has 1 aromatic rings. The third-order valence-corrected chi connectivity index (χ3v) is 6.13. The first-order chi connectivity index (χ1) is 9.70. The van der Waals surface area contributed by atoms with Crippen LogP contribution in [0.15, 0.2) is 23.1 Å². The van der Waals surface area contributed by atoms with E-state index in [4.69, 9.17) is 11.5 Å². The summed E-state index contributed by atoms with van der Waals surface area (Å²) in [5.41, 5.74) is 11.7. The van der Waals surface area contributed by atoms with Crippen molar-refractivity contribution in [2.24, 2.45) is 16.9 Å². The molecular formula is C14H21N3O3S. The molecular weight excluding hydrogens is 290 g/mol. The lowest BCUT2D eigenvalue weighted by Crippen LogP contribution is -2.38. The molecule has 0 saturated carbocycles. The normalized spacial score (nSPS) is 23.4. The van der Waals surface area contributed by atoms with Gasteiger partial charge in [-0.1, -0.05) is 12.1 Å². The van der Waals surface area contributed by atoms with Gasteiger partial charge in [-0.25, -0.2) is 8.42 Å². The summed E-state index contributed by atoms with van der Waals surface area (Å²) in [4.78, 5) is 11.7. The van der Waals surface area contributed by atoms with Crippen LogP contribution >= 0.6 is 0 Å². The van der Waals surface area contributed by atoms with Crippen molar-refractivity contribution >= 4 is 15.9 Å². The second kappa shape index (κ2) is 5.40. The van der Waals surface area contributed by atoms with Crippen LogP contribution in [0.3, 0.4) is 0 Å². The van der Waals surface area contributed by atoms with Crippen LogP contribution in [0.2, 0.25) is 0 Å². The number of nitrogens with zero attached hydrogens (tertiary/aromatic N) is 1. The Kier molecular flexibility index (Phi) is 4.10. The molecule has 0 spiro atoms. The molecule has 1 unspecified atom stereocenters. The largest absolute Gasteiger partial charge is 0.369 e. The van der Waals surface area contributed by atoms with Gasteiger partial charge in [0.1, 0.15) is 0 Å². The van der Waals surface area contributed by atoms with Gasteiger partial charge in [-0.3, -0.25) is 4.79 Å². The first-order valence-electron chi connectivity index (χ1n) is 6.80. The van der Waals surface area contributed by atoms with Crippen LogP contribution in [-0.2, 0) is 21.4 Å². The monoisotopic (exact) mass is 311 g/mol. The Balaban J connectivity index is 2.34. The first-order valence-corrected chi connectivity index (χ1v) is 8.24. The van der Waals surface area contributed by atoms with Gasteiger partial charge in [0.15, 0.2) is 0 Å². The van der Waals surface area contributed by atoms with Crippen LogP contribution in [0, 0.1) is 12.3 Å². The number of aryl methyl sites for hydroxylation is 1. The van der Waals surface area contributed by atoms with E-state index in [1.165, 1.54) is 4.31 Å². The number of carbonyl (C=O) groups excluding carboxylic acids is 1. The standard InChI is InChI=1S/C14H21N3O3S/c1-10-7-11(8-15)3-4-12(10)21(19,20)17-6-5-14(2,9-17)13(16)18/h3-4,7H,5-6,8-9,15H2,1-2H3,(H2,16,18). The number of hydrogen-bond donors (Lipinski definition) is 2. The van der Waals surface area contributed by atoms with E-state index in [0.717, 1.165) is 5.56 Å². The van der Waals surface area contributed by atoms with Gasteiger partial charge in [0, 0.05) is 19.6 Å². The molecule has 1 saturated heterocycles. The molecule has 1 aromatic carbocycles. The van der Waals surface area contributed by atoms with Gasteiger partial charge in [0.05, 0.1) is 10.3 Å². The molecule has 4 N–H and O–H groups in total. The number of nitrogens with two attached hydrogens (primary N) is 2. The number of amides is 1. The highest BCUT2D eigenvalue weighted by molar-refractivity contribution is 7.89. The molecule has 2 rings (SSSR count). The molecule has 116 valence electrons. The van der Waals surface area contributed by atoms with Crippen LogP contribution in [0.5, 0.6) is 0 Å². The van der Waals surface area contributed by atoms with Crippen LogP contribution in [0.4, 0.5) is 0 Å². The molecule has 21 heavy (non-hydrogen) atoms. The average molecular weight is 311 g/mol. The number of carbonyl (C=O) groups is 1. The van der Waals surface area contributed by atoms with Crippen LogP contribution in [0.25, 0.3) is 0 Å². The van der Waals surface area contributed by atoms with Crippen molar-refractivity contribution in [3.05, 3.63) is 29.3 Å². The Morgan fingerprint density at radius 1 is 1.43 bits per heavy atom. The number of benzene rings is 1. The predicted molar refractivity (Wildman–Crippen MR) is 79.7 cm³/mol. The zero-order valence-electron chi connectivity index (χ0n) is 12.3. The maximum Gasteiger partial charge on any atom is 0.243 e. The Morgan fingerprint density at radius 3 is 2.57 bits per heavy atom. The summed E-state index contributed by atoms with van der Waals surface area (Å²) in [6, 6.07) is 5.06. The van der Waals surface area contributed by atoms with Gasteiger partial charge in [-0.2, -0.15) is 4.31 Å². The number of primary amides is 1. The van der Waals surface area contributed by atoms with Gasteiger partial charge < -0.3 is 11.5 Å². The summed E-state index contributed by atoms with van der Waals surface area (Å²) < 4.78 is 26.8. The lowest BCUT2D eigenvalue weighted by molar-refractivity contribution is -0.126.